The van der Waals surface area contributed by atoms with Crippen LogP contribution in [-0.2, 0) is 17.9 Å². The van der Waals surface area contributed by atoms with Gasteiger partial charge >= 0.3 is 5.69 Å². The Morgan fingerprint density at radius 2 is 1.91 bits per heavy atom. The summed E-state index contributed by atoms with van der Waals surface area (Å²) in [6, 6.07) is 4.10. The van der Waals surface area contributed by atoms with Crippen LogP contribution >= 0.6 is 0 Å². The van der Waals surface area contributed by atoms with Gasteiger partial charge in [-0.15, -0.1) is 0 Å². The summed E-state index contributed by atoms with van der Waals surface area (Å²) >= 11 is 0. The molecule has 0 saturated heterocycles. The minimum absolute atomic E-state index is 0.0142. The van der Waals surface area contributed by atoms with Crippen molar-refractivity contribution in [2.24, 2.45) is 5.92 Å². The molecule has 0 saturated carbocycles. The number of nitrogens with one attached hydrogen (secondary N) is 3. The molecule has 0 aromatic carbocycles. The van der Waals surface area contributed by atoms with E-state index in [-0.39, 0.29) is 35.0 Å². The molecule has 0 spiro atoms. The highest BCUT2D eigenvalue weighted by atomic mass is 16.3. The molecule has 10 nitrogen and oxygen atoms in total. The SMILES string of the molecule is CC(C)Cn1c(=O)[nH]c(=O)c2c(C(=O)NC(C)C(=O)NCc3ccco3)cc(C(C)C)nc21. The van der Waals surface area contributed by atoms with Gasteiger partial charge < -0.3 is 15.1 Å². The number of hydrogen-bond donors (Lipinski definition) is 3. The molecule has 0 aliphatic heterocycles. The summed E-state index contributed by atoms with van der Waals surface area (Å²) < 4.78 is 6.56. The Balaban J connectivity index is 1.98. The van der Waals surface area contributed by atoms with Crippen molar-refractivity contribution < 1.29 is 14.0 Å². The number of furan rings is 1. The number of fused-ring (bicyclic) bond motifs is 1. The molecule has 3 N–H and O–H groups in total. The van der Waals surface area contributed by atoms with E-state index in [0.717, 1.165) is 0 Å². The first kappa shape index (κ1) is 24.0. The maximum atomic E-state index is 13.2. The lowest BCUT2D eigenvalue weighted by molar-refractivity contribution is -0.122. The summed E-state index contributed by atoms with van der Waals surface area (Å²) in [5, 5.41) is 5.34. The smallest absolute Gasteiger partial charge is 0.330 e. The topological polar surface area (TPSA) is 139 Å². The second kappa shape index (κ2) is 9.85. The summed E-state index contributed by atoms with van der Waals surface area (Å²) in [5.41, 5.74) is -0.494. The Morgan fingerprint density at radius 1 is 1.18 bits per heavy atom. The number of pyridine rings is 1. The van der Waals surface area contributed by atoms with E-state index in [0.29, 0.717) is 18.0 Å². The maximum Gasteiger partial charge on any atom is 0.330 e. The van der Waals surface area contributed by atoms with Crippen LogP contribution in [0, 0.1) is 5.92 Å². The normalized spacial score (nSPS) is 12.3. The lowest BCUT2D eigenvalue weighted by Gasteiger charge is -2.17. The molecule has 3 rings (SSSR count). The van der Waals surface area contributed by atoms with Crippen LogP contribution in [0.5, 0.6) is 0 Å². The van der Waals surface area contributed by atoms with Crippen LogP contribution in [0.15, 0.2) is 38.5 Å². The highest BCUT2D eigenvalue weighted by Crippen LogP contribution is 2.20. The van der Waals surface area contributed by atoms with Crippen LogP contribution in [0.3, 0.4) is 0 Å². The number of carbonyl (C=O) groups is 2. The summed E-state index contributed by atoms with van der Waals surface area (Å²) in [6.45, 7) is 9.73. The number of aromatic nitrogens is 3. The minimum Gasteiger partial charge on any atom is -0.467 e. The van der Waals surface area contributed by atoms with E-state index in [1.807, 2.05) is 27.7 Å². The quantitative estimate of drug-likeness (QED) is 0.474. The first-order chi connectivity index (χ1) is 15.6. The number of nitrogens with zero attached hydrogens (tertiary/aromatic N) is 2. The van der Waals surface area contributed by atoms with Gasteiger partial charge in [-0.2, -0.15) is 0 Å². The van der Waals surface area contributed by atoms with E-state index in [2.05, 4.69) is 20.6 Å². The van der Waals surface area contributed by atoms with Crippen LogP contribution in [-0.4, -0.2) is 32.4 Å². The van der Waals surface area contributed by atoms with E-state index in [1.54, 1.807) is 19.1 Å². The van der Waals surface area contributed by atoms with E-state index in [4.69, 9.17) is 4.42 Å². The molecule has 3 aromatic heterocycles. The number of hydrogen-bond acceptors (Lipinski definition) is 6. The molecule has 2 amide bonds. The summed E-state index contributed by atoms with van der Waals surface area (Å²) in [6.07, 6.45) is 1.50. The van der Waals surface area contributed by atoms with Crippen LogP contribution in [0.4, 0.5) is 0 Å². The van der Waals surface area contributed by atoms with Gasteiger partial charge in [-0.25, -0.2) is 9.78 Å². The minimum atomic E-state index is -0.876. The second-order valence-corrected chi connectivity index (χ2v) is 8.70. The molecule has 3 heterocycles. The van der Waals surface area contributed by atoms with Gasteiger partial charge in [0.05, 0.1) is 23.8 Å². The Kier molecular flexibility index (Phi) is 7.15. The zero-order chi connectivity index (χ0) is 24.3. The highest BCUT2D eigenvalue weighted by Gasteiger charge is 2.23. The fourth-order valence-corrected chi connectivity index (χ4v) is 3.38. The number of H-pyrrole nitrogens is 1. The van der Waals surface area contributed by atoms with E-state index >= 15 is 0 Å². The van der Waals surface area contributed by atoms with Gasteiger partial charge in [0, 0.05) is 12.2 Å². The molecule has 0 aliphatic carbocycles. The van der Waals surface area contributed by atoms with E-state index in [9.17, 15) is 19.2 Å². The first-order valence-electron chi connectivity index (χ1n) is 10.9. The third-order valence-corrected chi connectivity index (χ3v) is 5.11. The number of amides is 2. The molecule has 1 atom stereocenters. The molecule has 0 bridgehead atoms. The Morgan fingerprint density at radius 3 is 2.52 bits per heavy atom. The van der Waals surface area contributed by atoms with Crippen molar-refractivity contribution in [3.05, 3.63) is 62.3 Å². The highest BCUT2D eigenvalue weighted by molar-refractivity contribution is 6.06. The van der Waals surface area contributed by atoms with Gasteiger partial charge in [-0.3, -0.25) is 23.9 Å². The third kappa shape index (κ3) is 5.39. The fourth-order valence-electron chi connectivity index (χ4n) is 3.38. The van der Waals surface area contributed by atoms with Crippen molar-refractivity contribution in [1.29, 1.82) is 0 Å². The molecule has 10 heteroatoms. The van der Waals surface area contributed by atoms with E-state index in [1.165, 1.54) is 16.9 Å². The average Bonchev–Trinajstić information content (AvgIpc) is 3.27. The lowest BCUT2D eigenvalue weighted by Crippen LogP contribution is -2.45. The monoisotopic (exact) mass is 455 g/mol. The molecule has 33 heavy (non-hydrogen) atoms. The summed E-state index contributed by atoms with van der Waals surface area (Å²) in [4.78, 5) is 57.6. The van der Waals surface area contributed by atoms with Gasteiger partial charge in [-0.1, -0.05) is 27.7 Å². The number of aromatic amines is 1. The largest absolute Gasteiger partial charge is 0.467 e. The Labute approximate surface area is 190 Å². The van der Waals surface area contributed by atoms with Crippen molar-refractivity contribution in [2.45, 2.75) is 59.7 Å². The third-order valence-electron chi connectivity index (χ3n) is 5.11. The zero-order valence-electron chi connectivity index (χ0n) is 19.4. The molecule has 1 unspecified atom stereocenters. The van der Waals surface area contributed by atoms with Gasteiger partial charge in [0.1, 0.15) is 11.8 Å². The molecule has 0 radical (unpaired) electrons. The van der Waals surface area contributed by atoms with Crippen LogP contribution < -0.4 is 21.9 Å². The zero-order valence-corrected chi connectivity index (χ0v) is 19.4. The predicted molar refractivity (Wildman–Crippen MR) is 123 cm³/mol. The molecule has 0 aliphatic rings. The van der Waals surface area contributed by atoms with Crippen molar-refractivity contribution in [1.82, 2.24) is 25.2 Å². The maximum absolute atomic E-state index is 13.2. The number of rotatable bonds is 8. The predicted octanol–water partition coefficient (Wildman–Crippen LogP) is 1.89. The Bertz CT molecular complexity index is 1270. The second-order valence-electron chi connectivity index (χ2n) is 8.70. The molecular formula is C23H29N5O5. The molecule has 3 aromatic rings. The number of carbonyl (C=O) groups excluding carboxylic acids is 2. The van der Waals surface area contributed by atoms with E-state index < -0.39 is 29.1 Å². The van der Waals surface area contributed by atoms with Gasteiger partial charge in [-0.05, 0) is 37.0 Å². The van der Waals surface area contributed by atoms with Crippen molar-refractivity contribution >= 4 is 22.8 Å². The Hall–Kier alpha value is -3.69. The molecule has 176 valence electrons. The lowest BCUT2D eigenvalue weighted by atomic mass is 10.0. The van der Waals surface area contributed by atoms with Gasteiger partial charge in [0.2, 0.25) is 5.91 Å². The van der Waals surface area contributed by atoms with Gasteiger partial charge in [0.15, 0.2) is 5.65 Å². The molecule has 0 fully saturated rings. The van der Waals surface area contributed by atoms with Crippen molar-refractivity contribution in [3.8, 4) is 0 Å². The summed E-state index contributed by atoms with van der Waals surface area (Å²) in [7, 11) is 0. The van der Waals surface area contributed by atoms with Crippen molar-refractivity contribution in [3.63, 3.8) is 0 Å². The van der Waals surface area contributed by atoms with Crippen molar-refractivity contribution in [2.75, 3.05) is 0 Å². The average molecular weight is 456 g/mol. The summed E-state index contributed by atoms with van der Waals surface area (Å²) in [5.74, 6) is -0.385. The fraction of sp³-hybridized carbons (Fsp3) is 0.435. The molecular weight excluding hydrogens is 426 g/mol. The first-order valence-corrected chi connectivity index (χ1v) is 10.9. The van der Waals surface area contributed by atoms with Gasteiger partial charge in [0.25, 0.3) is 11.5 Å². The van der Waals surface area contributed by atoms with Crippen LogP contribution in [0.1, 0.15) is 62.3 Å². The van der Waals surface area contributed by atoms with Crippen LogP contribution in [0.25, 0.3) is 11.0 Å². The van der Waals surface area contributed by atoms with Crippen LogP contribution in [0.2, 0.25) is 0 Å². The standard InChI is InChI=1S/C23H29N5O5/c1-12(2)11-28-19-18(22(31)27-23(28)32)16(9-17(26-19)13(3)4)21(30)25-14(5)20(29)24-10-15-7-6-8-33-15/h6-9,12-14H,10-11H2,1-5H3,(H,24,29)(H,25,30)(H,27,31,32).